The minimum Gasteiger partial charge on any atom is -0.392 e. The zero-order valence-corrected chi connectivity index (χ0v) is 11.5. The molecule has 106 valence electrons. The summed E-state index contributed by atoms with van der Waals surface area (Å²) in [6.45, 7) is 6.01. The molecule has 0 radical (unpaired) electrons. The van der Waals surface area contributed by atoms with Crippen molar-refractivity contribution in [1.29, 1.82) is 0 Å². The summed E-state index contributed by atoms with van der Waals surface area (Å²) in [4.78, 5) is 0. The number of hydrogen-bond donors (Lipinski definition) is 3. The molecule has 18 heavy (non-hydrogen) atoms. The van der Waals surface area contributed by atoms with Crippen molar-refractivity contribution in [3.8, 4) is 0 Å². The summed E-state index contributed by atoms with van der Waals surface area (Å²) < 4.78 is 5.58. The fraction of sp³-hybridized carbons (Fsp3) is 0.857. The summed E-state index contributed by atoms with van der Waals surface area (Å²) in [7, 11) is 0. The summed E-state index contributed by atoms with van der Waals surface area (Å²) in [6, 6.07) is 0. The summed E-state index contributed by atoms with van der Waals surface area (Å²) in [6.07, 6.45) is 5.78. The van der Waals surface area contributed by atoms with Gasteiger partial charge in [-0.15, -0.1) is 0 Å². The second-order valence-electron chi connectivity index (χ2n) is 5.38. The number of aliphatic hydroxyl groups excluding tert-OH is 2. The van der Waals surface area contributed by atoms with E-state index in [1.807, 2.05) is 0 Å². The van der Waals surface area contributed by atoms with Crippen LogP contribution in [0.4, 0.5) is 0 Å². The highest BCUT2D eigenvalue weighted by Crippen LogP contribution is 2.24. The molecular weight excluding hydrogens is 230 g/mol. The first-order chi connectivity index (χ1) is 8.59. The molecule has 0 aliphatic heterocycles. The smallest absolute Gasteiger partial charge is 0.0897 e. The maximum atomic E-state index is 9.67. The molecule has 0 saturated heterocycles. The molecule has 0 aromatic carbocycles. The number of nitrogens with one attached hydrogen (secondary N) is 1. The van der Waals surface area contributed by atoms with Gasteiger partial charge in [0.05, 0.1) is 25.4 Å². The van der Waals surface area contributed by atoms with Gasteiger partial charge in [-0.3, -0.25) is 0 Å². The first-order valence-electron chi connectivity index (χ1n) is 6.89. The highest BCUT2D eigenvalue weighted by molar-refractivity contribution is 4.93. The number of hydrogen-bond acceptors (Lipinski definition) is 4. The van der Waals surface area contributed by atoms with Crippen molar-refractivity contribution in [2.45, 2.75) is 38.9 Å². The zero-order chi connectivity index (χ0) is 13.4. The molecule has 0 bridgehead atoms. The molecule has 0 saturated carbocycles. The van der Waals surface area contributed by atoms with E-state index in [9.17, 15) is 5.11 Å². The SMILES string of the molecule is CC(O)CNCC(O)COCC1CC=CCC1C. The van der Waals surface area contributed by atoms with Crippen LogP contribution in [0.1, 0.15) is 26.7 Å². The van der Waals surface area contributed by atoms with Gasteiger partial charge in [0, 0.05) is 13.1 Å². The van der Waals surface area contributed by atoms with Gasteiger partial charge in [0.15, 0.2) is 0 Å². The van der Waals surface area contributed by atoms with Crippen LogP contribution < -0.4 is 5.32 Å². The largest absolute Gasteiger partial charge is 0.392 e. The Morgan fingerprint density at radius 2 is 2.00 bits per heavy atom. The maximum Gasteiger partial charge on any atom is 0.0897 e. The summed E-state index contributed by atoms with van der Waals surface area (Å²) >= 11 is 0. The van der Waals surface area contributed by atoms with Gasteiger partial charge in [0.25, 0.3) is 0 Å². The Labute approximate surface area is 110 Å². The molecule has 3 N–H and O–H groups in total. The van der Waals surface area contributed by atoms with Crippen LogP contribution >= 0.6 is 0 Å². The molecule has 0 heterocycles. The van der Waals surface area contributed by atoms with Crippen molar-refractivity contribution in [2.75, 3.05) is 26.3 Å². The molecule has 4 nitrogen and oxygen atoms in total. The molecular formula is C14H27NO3. The van der Waals surface area contributed by atoms with E-state index in [1.54, 1.807) is 6.92 Å². The fourth-order valence-electron chi connectivity index (χ4n) is 2.11. The second-order valence-corrected chi connectivity index (χ2v) is 5.38. The van der Waals surface area contributed by atoms with Crippen LogP contribution in [-0.2, 0) is 4.74 Å². The second kappa shape index (κ2) is 8.64. The molecule has 0 aromatic rings. The molecule has 0 spiro atoms. The van der Waals surface area contributed by atoms with Crippen LogP contribution in [-0.4, -0.2) is 48.7 Å². The van der Waals surface area contributed by atoms with Gasteiger partial charge in [-0.05, 0) is 31.6 Å². The lowest BCUT2D eigenvalue weighted by Crippen LogP contribution is -2.35. The zero-order valence-electron chi connectivity index (χ0n) is 11.5. The van der Waals surface area contributed by atoms with Crippen LogP contribution in [0, 0.1) is 11.8 Å². The number of rotatable bonds is 8. The van der Waals surface area contributed by atoms with Gasteiger partial charge in [0.1, 0.15) is 0 Å². The average molecular weight is 257 g/mol. The molecule has 1 aliphatic rings. The predicted octanol–water partition coefficient (Wildman–Crippen LogP) is 0.937. The van der Waals surface area contributed by atoms with E-state index in [0.29, 0.717) is 31.5 Å². The Balaban J connectivity index is 2.04. The number of aliphatic hydroxyl groups is 2. The van der Waals surface area contributed by atoms with Crippen LogP contribution in [0.3, 0.4) is 0 Å². The van der Waals surface area contributed by atoms with Crippen LogP contribution in [0.15, 0.2) is 12.2 Å². The van der Waals surface area contributed by atoms with Gasteiger partial charge < -0.3 is 20.3 Å². The Hall–Kier alpha value is -0.420. The standard InChI is InChI=1S/C14H27NO3/c1-11-5-3-4-6-13(11)9-18-10-14(17)8-15-7-12(2)16/h3-4,11-17H,5-10H2,1-2H3. The summed E-state index contributed by atoms with van der Waals surface area (Å²) in [5, 5.41) is 21.7. The number of allylic oxidation sites excluding steroid dienone is 2. The van der Waals surface area contributed by atoms with E-state index < -0.39 is 6.10 Å². The van der Waals surface area contributed by atoms with Crippen molar-refractivity contribution in [2.24, 2.45) is 11.8 Å². The van der Waals surface area contributed by atoms with E-state index in [4.69, 9.17) is 9.84 Å². The summed E-state index contributed by atoms with van der Waals surface area (Å²) in [5.41, 5.74) is 0. The van der Waals surface area contributed by atoms with Crippen LogP contribution in [0.5, 0.6) is 0 Å². The van der Waals surface area contributed by atoms with Crippen LogP contribution in [0.25, 0.3) is 0 Å². The molecule has 4 heteroatoms. The highest BCUT2D eigenvalue weighted by Gasteiger charge is 2.18. The minimum absolute atomic E-state index is 0.361. The van der Waals surface area contributed by atoms with Crippen LogP contribution in [0.2, 0.25) is 0 Å². The van der Waals surface area contributed by atoms with Gasteiger partial charge in [0.2, 0.25) is 0 Å². The van der Waals surface area contributed by atoms with Crippen molar-refractivity contribution < 1.29 is 14.9 Å². The molecule has 4 atom stereocenters. The van der Waals surface area contributed by atoms with Crippen molar-refractivity contribution >= 4 is 0 Å². The van der Waals surface area contributed by atoms with E-state index in [-0.39, 0.29) is 6.10 Å². The quantitative estimate of drug-likeness (QED) is 0.566. The lowest BCUT2D eigenvalue weighted by atomic mass is 9.85. The minimum atomic E-state index is -0.502. The average Bonchev–Trinajstić information content (AvgIpc) is 2.31. The topological polar surface area (TPSA) is 61.7 Å². The van der Waals surface area contributed by atoms with Crippen molar-refractivity contribution in [3.63, 3.8) is 0 Å². The fourth-order valence-corrected chi connectivity index (χ4v) is 2.11. The Morgan fingerprint density at radius 3 is 2.67 bits per heavy atom. The Kier molecular flexibility index (Phi) is 7.51. The van der Waals surface area contributed by atoms with Gasteiger partial charge in [-0.1, -0.05) is 19.1 Å². The molecule has 0 aromatic heterocycles. The third-order valence-corrected chi connectivity index (χ3v) is 3.38. The van der Waals surface area contributed by atoms with E-state index in [0.717, 1.165) is 19.4 Å². The monoisotopic (exact) mass is 257 g/mol. The molecule has 1 rings (SSSR count). The maximum absolute atomic E-state index is 9.67. The third kappa shape index (κ3) is 6.50. The number of ether oxygens (including phenoxy) is 1. The first-order valence-corrected chi connectivity index (χ1v) is 6.89. The molecule has 1 aliphatic carbocycles. The Morgan fingerprint density at radius 1 is 1.28 bits per heavy atom. The van der Waals surface area contributed by atoms with Crippen molar-refractivity contribution in [3.05, 3.63) is 12.2 Å². The molecule has 0 amide bonds. The summed E-state index contributed by atoms with van der Waals surface area (Å²) in [5.74, 6) is 1.24. The van der Waals surface area contributed by atoms with E-state index in [1.165, 1.54) is 0 Å². The van der Waals surface area contributed by atoms with Gasteiger partial charge >= 0.3 is 0 Å². The first kappa shape index (κ1) is 15.6. The highest BCUT2D eigenvalue weighted by atomic mass is 16.5. The molecule has 0 fully saturated rings. The van der Waals surface area contributed by atoms with Gasteiger partial charge in [-0.25, -0.2) is 0 Å². The molecule has 4 unspecified atom stereocenters. The predicted molar refractivity (Wildman–Crippen MR) is 72.4 cm³/mol. The van der Waals surface area contributed by atoms with Gasteiger partial charge in [-0.2, -0.15) is 0 Å². The van der Waals surface area contributed by atoms with E-state index in [2.05, 4.69) is 24.4 Å². The van der Waals surface area contributed by atoms with E-state index >= 15 is 0 Å². The lowest BCUT2D eigenvalue weighted by molar-refractivity contribution is 0.0120. The Bertz CT molecular complexity index is 243. The normalized spacial score (nSPS) is 27.1. The lowest BCUT2D eigenvalue weighted by Gasteiger charge is -2.25. The third-order valence-electron chi connectivity index (χ3n) is 3.38. The van der Waals surface area contributed by atoms with Crippen molar-refractivity contribution in [1.82, 2.24) is 5.32 Å².